The molecule has 0 aromatic heterocycles. The van der Waals surface area contributed by atoms with E-state index in [2.05, 4.69) is 5.32 Å². The summed E-state index contributed by atoms with van der Waals surface area (Å²) < 4.78 is 0. The molecule has 0 aliphatic carbocycles. The van der Waals surface area contributed by atoms with Gasteiger partial charge in [0, 0.05) is 13.1 Å². The minimum atomic E-state index is -1.55. The highest BCUT2D eigenvalue weighted by atomic mass is 16.4. The van der Waals surface area contributed by atoms with Gasteiger partial charge in [-0.3, -0.25) is 0 Å². The molecule has 0 aliphatic heterocycles. The van der Waals surface area contributed by atoms with E-state index in [0.29, 0.717) is 6.54 Å². The summed E-state index contributed by atoms with van der Waals surface area (Å²) in [5.74, 6) is 0. The van der Waals surface area contributed by atoms with Crippen molar-refractivity contribution in [2.24, 2.45) is 5.73 Å². The smallest absolute Gasteiger partial charge is 0.111 e. The van der Waals surface area contributed by atoms with E-state index in [9.17, 15) is 5.11 Å². The zero-order valence-electron chi connectivity index (χ0n) is 9.90. The summed E-state index contributed by atoms with van der Waals surface area (Å²) in [5, 5.41) is 55.2. The molecular formula is C9H24N2O6. The van der Waals surface area contributed by atoms with Crippen molar-refractivity contribution in [2.45, 2.75) is 24.4 Å². The Balaban J connectivity index is 0. The summed E-state index contributed by atoms with van der Waals surface area (Å²) in [4.78, 5) is 0. The van der Waals surface area contributed by atoms with Crippen LogP contribution in [-0.4, -0.2) is 88.4 Å². The van der Waals surface area contributed by atoms with Crippen LogP contribution in [-0.2, 0) is 0 Å². The summed E-state index contributed by atoms with van der Waals surface area (Å²) >= 11 is 0. The molecule has 0 aliphatic rings. The van der Waals surface area contributed by atoms with E-state index in [4.69, 9.17) is 31.3 Å². The molecule has 0 bridgehead atoms. The van der Waals surface area contributed by atoms with Gasteiger partial charge in [-0.25, -0.2) is 0 Å². The molecule has 4 atom stereocenters. The standard InChI is InChI=1S/C7H17NO5.C2H7NO/c1-8-2-4(10)6(12)7(13)5(11)3-9;3-1-2-4/h4-13H,2-3H2,1H3;4H,1-3H2/t4-,5+,6+,7+;/m0./s1. The molecule has 0 saturated carbocycles. The van der Waals surface area contributed by atoms with Gasteiger partial charge in [0.15, 0.2) is 0 Å². The summed E-state index contributed by atoms with van der Waals surface area (Å²) in [6.45, 7) is -0.0964. The van der Waals surface area contributed by atoms with Crippen LogP contribution in [0.2, 0.25) is 0 Å². The first-order valence-corrected chi connectivity index (χ1v) is 5.24. The predicted octanol–water partition coefficient (Wildman–Crippen LogP) is -4.42. The lowest BCUT2D eigenvalue weighted by Crippen LogP contribution is -2.48. The summed E-state index contributed by atoms with van der Waals surface area (Å²) in [6.07, 6.45) is -5.65. The third-order valence-corrected chi connectivity index (χ3v) is 1.87. The molecule has 0 heterocycles. The molecule has 0 amide bonds. The number of rotatable bonds is 7. The fraction of sp³-hybridized carbons (Fsp3) is 1.00. The van der Waals surface area contributed by atoms with E-state index in [0.717, 1.165) is 0 Å². The third kappa shape index (κ3) is 9.39. The van der Waals surface area contributed by atoms with Crippen molar-refractivity contribution in [3.05, 3.63) is 0 Å². The lowest BCUT2D eigenvalue weighted by Gasteiger charge is -2.25. The molecule has 0 radical (unpaired) electrons. The zero-order valence-corrected chi connectivity index (χ0v) is 9.90. The number of hydrogen-bond donors (Lipinski definition) is 8. The summed E-state index contributed by atoms with van der Waals surface area (Å²) in [6, 6.07) is 0. The van der Waals surface area contributed by atoms with Gasteiger partial charge in [0.25, 0.3) is 0 Å². The number of aliphatic hydroxyl groups is 6. The van der Waals surface area contributed by atoms with Crippen LogP contribution in [0.4, 0.5) is 0 Å². The van der Waals surface area contributed by atoms with Gasteiger partial charge in [0.1, 0.15) is 18.3 Å². The Kier molecular flexibility index (Phi) is 13.6. The van der Waals surface area contributed by atoms with E-state index in [1.54, 1.807) is 7.05 Å². The number of likely N-dealkylation sites (N-methyl/N-ethyl adjacent to an activating group) is 1. The van der Waals surface area contributed by atoms with Gasteiger partial charge in [-0.1, -0.05) is 0 Å². The monoisotopic (exact) mass is 256 g/mol. The number of aliphatic hydroxyl groups excluding tert-OH is 6. The Hall–Kier alpha value is -0.320. The van der Waals surface area contributed by atoms with Crippen LogP contribution in [0.1, 0.15) is 0 Å². The predicted molar refractivity (Wildman–Crippen MR) is 61.2 cm³/mol. The molecule has 106 valence electrons. The SMILES string of the molecule is CNC[C@H](O)[C@@H](O)[C@H](O)[C@H](O)CO.NCCO. The maximum Gasteiger partial charge on any atom is 0.111 e. The minimum Gasteiger partial charge on any atom is -0.395 e. The lowest BCUT2D eigenvalue weighted by molar-refractivity contribution is -0.113. The molecule has 0 unspecified atom stereocenters. The second-order valence-corrected chi connectivity index (χ2v) is 3.37. The molecule has 9 N–H and O–H groups in total. The molecule has 0 aromatic rings. The first-order chi connectivity index (χ1) is 7.95. The van der Waals surface area contributed by atoms with Crippen LogP contribution < -0.4 is 11.1 Å². The third-order valence-electron chi connectivity index (χ3n) is 1.87. The van der Waals surface area contributed by atoms with Gasteiger partial charge in [-0.15, -0.1) is 0 Å². The minimum absolute atomic E-state index is 0.0936. The molecule has 0 saturated heterocycles. The molecule has 8 heteroatoms. The van der Waals surface area contributed by atoms with E-state index in [1.807, 2.05) is 0 Å². The average molecular weight is 256 g/mol. The van der Waals surface area contributed by atoms with Crippen LogP contribution in [0, 0.1) is 0 Å². The fourth-order valence-corrected chi connectivity index (χ4v) is 0.893. The quantitative estimate of drug-likeness (QED) is 0.226. The van der Waals surface area contributed by atoms with Gasteiger partial charge in [0.05, 0.1) is 19.3 Å². The Morgan fingerprint density at radius 1 is 1.00 bits per heavy atom. The first kappa shape index (κ1) is 19.0. The average Bonchev–Trinajstić information content (AvgIpc) is 2.36. The van der Waals surface area contributed by atoms with Gasteiger partial charge >= 0.3 is 0 Å². The van der Waals surface area contributed by atoms with E-state index in [1.165, 1.54) is 0 Å². The second-order valence-electron chi connectivity index (χ2n) is 3.37. The van der Waals surface area contributed by atoms with Crippen molar-refractivity contribution in [2.75, 3.05) is 33.4 Å². The van der Waals surface area contributed by atoms with Crippen LogP contribution >= 0.6 is 0 Å². The van der Waals surface area contributed by atoms with Crippen molar-refractivity contribution in [3.8, 4) is 0 Å². The van der Waals surface area contributed by atoms with Gasteiger partial charge in [0.2, 0.25) is 0 Å². The van der Waals surface area contributed by atoms with Crippen LogP contribution in [0.15, 0.2) is 0 Å². The van der Waals surface area contributed by atoms with Crippen molar-refractivity contribution in [3.63, 3.8) is 0 Å². The Bertz CT molecular complexity index is 160. The van der Waals surface area contributed by atoms with Crippen molar-refractivity contribution in [1.29, 1.82) is 0 Å². The summed E-state index contributed by atoms with van der Waals surface area (Å²) in [5.41, 5.74) is 4.78. The number of nitrogens with one attached hydrogen (secondary N) is 1. The first-order valence-electron chi connectivity index (χ1n) is 5.24. The highest BCUT2D eigenvalue weighted by Crippen LogP contribution is 2.04. The molecule has 17 heavy (non-hydrogen) atoms. The largest absolute Gasteiger partial charge is 0.395 e. The van der Waals surface area contributed by atoms with Crippen molar-refractivity contribution >= 4 is 0 Å². The Labute approximate surface area is 100 Å². The maximum atomic E-state index is 9.21. The van der Waals surface area contributed by atoms with Crippen LogP contribution in [0.3, 0.4) is 0 Å². The van der Waals surface area contributed by atoms with Crippen molar-refractivity contribution in [1.82, 2.24) is 5.32 Å². The van der Waals surface area contributed by atoms with Crippen LogP contribution in [0.5, 0.6) is 0 Å². The molecule has 0 fully saturated rings. The topological polar surface area (TPSA) is 159 Å². The molecule has 0 aromatic carbocycles. The number of hydrogen-bond acceptors (Lipinski definition) is 8. The molecule has 8 nitrogen and oxygen atoms in total. The maximum absolute atomic E-state index is 9.21. The van der Waals surface area contributed by atoms with E-state index >= 15 is 0 Å². The Morgan fingerprint density at radius 3 is 1.71 bits per heavy atom. The van der Waals surface area contributed by atoms with Gasteiger partial charge < -0.3 is 41.7 Å². The van der Waals surface area contributed by atoms with E-state index < -0.39 is 31.0 Å². The molecule has 0 spiro atoms. The molecule has 0 rings (SSSR count). The van der Waals surface area contributed by atoms with Crippen molar-refractivity contribution < 1.29 is 30.6 Å². The highest BCUT2D eigenvalue weighted by Gasteiger charge is 2.29. The van der Waals surface area contributed by atoms with Gasteiger partial charge in [-0.2, -0.15) is 0 Å². The van der Waals surface area contributed by atoms with E-state index in [-0.39, 0.29) is 13.2 Å². The van der Waals surface area contributed by atoms with Gasteiger partial charge in [-0.05, 0) is 7.05 Å². The summed E-state index contributed by atoms with van der Waals surface area (Å²) in [7, 11) is 1.57. The fourth-order valence-electron chi connectivity index (χ4n) is 0.893. The highest BCUT2D eigenvalue weighted by molar-refractivity contribution is 4.81. The zero-order chi connectivity index (χ0) is 13.8. The van der Waals surface area contributed by atoms with Crippen LogP contribution in [0.25, 0.3) is 0 Å². The normalized spacial score (nSPS) is 17.6. The Morgan fingerprint density at radius 2 is 1.41 bits per heavy atom. The lowest BCUT2D eigenvalue weighted by atomic mass is 10.0. The molecular weight excluding hydrogens is 232 g/mol. The number of nitrogens with two attached hydrogens (primary N) is 1. The second kappa shape index (κ2) is 12.1.